The van der Waals surface area contributed by atoms with Gasteiger partial charge in [0.2, 0.25) is 0 Å². The van der Waals surface area contributed by atoms with E-state index in [4.69, 9.17) is 9.72 Å². The van der Waals surface area contributed by atoms with E-state index in [1.807, 2.05) is 12.1 Å². The quantitative estimate of drug-likeness (QED) is 0.600. The van der Waals surface area contributed by atoms with Gasteiger partial charge in [0, 0.05) is 25.2 Å². The Balaban J connectivity index is 1.55. The van der Waals surface area contributed by atoms with Gasteiger partial charge in [-0.25, -0.2) is 4.98 Å². The van der Waals surface area contributed by atoms with E-state index in [2.05, 4.69) is 54.1 Å². The number of methoxy groups -OCH3 is 1. The number of nitrogens with one attached hydrogen (secondary N) is 1. The molecule has 4 heteroatoms. The first kappa shape index (κ1) is 17.3. The molecule has 3 rings (SSSR count). The van der Waals surface area contributed by atoms with Crippen LogP contribution >= 0.6 is 0 Å². The van der Waals surface area contributed by atoms with Crippen molar-refractivity contribution < 1.29 is 4.74 Å². The number of anilines is 1. The third-order valence-electron chi connectivity index (χ3n) is 4.53. The Morgan fingerprint density at radius 2 is 1.88 bits per heavy atom. The standard InChI is InChI=1S/C21H27N3O/c1-4-21-23-19-12-7-16(2)15-20(19)24(21)14-6-5-13-22-17-8-10-18(25-3)11-9-17/h7-12,15,22H,4-6,13-14H2,1-3H3. The van der Waals surface area contributed by atoms with E-state index in [0.717, 1.165) is 49.3 Å². The lowest BCUT2D eigenvalue weighted by atomic mass is 10.2. The van der Waals surface area contributed by atoms with Crippen LogP contribution in [0.5, 0.6) is 5.75 Å². The molecular formula is C21H27N3O. The maximum Gasteiger partial charge on any atom is 0.119 e. The van der Waals surface area contributed by atoms with E-state index in [9.17, 15) is 0 Å². The highest BCUT2D eigenvalue weighted by atomic mass is 16.5. The fourth-order valence-electron chi connectivity index (χ4n) is 3.14. The molecule has 0 saturated heterocycles. The Morgan fingerprint density at radius 1 is 1.08 bits per heavy atom. The normalized spacial score (nSPS) is 11.0. The minimum Gasteiger partial charge on any atom is -0.497 e. The van der Waals surface area contributed by atoms with Gasteiger partial charge in [-0.05, 0) is 61.7 Å². The molecule has 4 nitrogen and oxygen atoms in total. The number of ether oxygens (including phenoxy) is 1. The number of benzene rings is 2. The molecule has 25 heavy (non-hydrogen) atoms. The molecule has 0 saturated carbocycles. The number of hydrogen-bond donors (Lipinski definition) is 1. The lowest BCUT2D eigenvalue weighted by Gasteiger charge is -2.10. The van der Waals surface area contributed by atoms with Gasteiger partial charge < -0.3 is 14.6 Å². The summed E-state index contributed by atoms with van der Waals surface area (Å²) >= 11 is 0. The number of rotatable bonds is 8. The molecule has 0 aliphatic rings. The van der Waals surface area contributed by atoms with Gasteiger partial charge in [0.25, 0.3) is 0 Å². The molecule has 0 unspecified atom stereocenters. The minimum absolute atomic E-state index is 0.889. The molecule has 0 aliphatic carbocycles. The monoisotopic (exact) mass is 337 g/mol. The largest absolute Gasteiger partial charge is 0.497 e. The Bertz CT molecular complexity index is 821. The van der Waals surface area contributed by atoms with Crippen LogP contribution in [0.3, 0.4) is 0 Å². The van der Waals surface area contributed by atoms with Crippen LogP contribution in [-0.4, -0.2) is 23.2 Å². The van der Waals surface area contributed by atoms with Crippen LogP contribution in [0.4, 0.5) is 5.69 Å². The molecule has 0 spiro atoms. The van der Waals surface area contributed by atoms with Crippen LogP contribution in [0.2, 0.25) is 0 Å². The number of unbranched alkanes of at least 4 members (excludes halogenated alkanes) is 1. The van der Waals surface area contributed by atoms with Gasteiger partial charge in [-0.2, -0.15) is 0 Å². The van der Waals surface area contributed by atoms with Crippen LogP contribution in [0, 0.1) is 6.92 Å². The summed E-state index contributed by atoms with van der Waals surface area (Å²) < 4.78 is 7.57. The van der Waals surface area contributed by atoms with Gasteiger partial charge in [0.05, 0.1) is 18.1 Å². The topological polar surface area (TPSA) is 39.1 Å². The van der Waals surface area contributed by atoms with Crippen molar-refractivity contribution in [2.45, 2.75) is 39.7 Å². The molecule has 0 aliphatic heterocycles. The summed E-state index contributed by atoms with van der Waals surface area (Å²) in [4.78, 5) is 4.77. The SMILES string of the molecule is CCc1nc2ccc(C)cc2n1CCCCNc1ccc(OC)cc1. The zero-order chi connectivity index (χ0) is 17.6. The van der Waals surface area contributed by atoms with Crippen molar-refractivity contribution in [3.8, 4) is 5.75 Å². The zero-order valence-electron chi connectivity index (χ0n) is 15.4. The van der Waals surface area contributed by atoms with Crippen molar-refractivity contribution in [1.82, 2.24) is 9.55 Å². The van der Waals surface area contributed by atoms with Gasteiger partial charge in [0.15, 0.2) is 0 Å². The lowest BCUT2D eigenvalue weighted by Crippen LogP contribution is -2.06. The second-order valence-corrected chi connectivity index (χ2v) is 6.39. The summed E-state index contributed by atoms with van der Waals surface area (Å²) in [7, 11) is 1.69. The van der Waals surface area contributed by atoms with Crippen LogP contribution in [0.25, 0.3) is 11.0 Å². The molecule has 1 heterocycles. The van der Waals surface area contributed by atoms with Crippen LogP contribution in [0.15, 0.2) is 42.5 Å². The van der Waals surface area contributed by atoms with Gasteiger partial charge >= 0.3 is 0 Å². The number of aromatic nitrogens is 2. The Kier molecular flexibility index (Phi) is 5.59. The van der Waals surface area contributed by atoms with Crippen LogP contribution in [-0.2, 0) is 13.0 Å². The first-order chi connectivity index (χ1) is 12.2. The molecular weight excluding hydrogens is 310 g/mol. The van der Waals surface area contributed by atoms with Crippen molar-refractivity contribution >= 4 is 16.7 Å². The van der Waals surface area contributed by atoms with Crippen molar-refractivity contribution in [1.29, 1.82) is 0 Å². The highest BCUT2D eigenvalue weighted by molar-refractivity contribution is 5.76. The molecule has 0 radical (unpaired) electrons. The summed E-state index contributed by atoms with van der Waals surface area (Å²) in [6.45, 7) is 6.31. The molecule has 0 atom stereocenters. The average molecular weight is 337 g/mol. The second-order valence-electron chi connectivity index (χ2n) is 6.39. The lowest BCUT2D eigenvalue weighted by molar-refractivity contribution is 0.415. The average Bonchev–Trinajstić information content (AvgIpc) is 2.99. The number of hydrogen-bond acceptors (Lipinski definition) is 3. The van der Waals surface area contributed by atoms with Crippen molar-refractivity contribution in [3.05, 3.63) is 53.9 Å². The van der Waals surface area contributed by atoms with Gasteiger partial charge in [-0.15, -0.1) is 0 Å². The minimum atomic E-state index is 0.889. The molecule has 0 amide bonds. The molecule has 0 bridgehead atoms. The fourth-order valence-corrected chi connectivity index (χ4v) is 3.14. The smallest absolute Gasteiger partial charge is 0.119 e. The highest BCUT2D eigenvalue weighted by Crippen LogP contribution is 2.19. The molecule has 132 valence electrons. The van der Waals surface area contributed by atoms with E-state index in [1.165, 1.54) is 16.9 Å². The van der Waals surface area contributed by atoms with E-state index in [1.54, 1.807) is 7.11 Å². The zero-order valence-corrected chi connectivity index (χ0v) is 15.4. The maximum absolute atomic E-state index is 5.18. The first-order valence-corrected chi connectivity index (χ1v) is 9.05. The predicted octanol–water partition coefficient (Wildman–Crippen LogP) is 4.81. The van der Waals surface area contributed by atoms with Crippen molar-refractivity contribution in [3.63, 3.8) is 0 Å². The number of nitrogens with zero attached hydrogens (tertiary/aromatic N) is 2. The summed E-state index contributed by atoms with van der Waals surface area (Å²) in [6, 6.07) is 14.6. The van der Waals surface area contributed by atoms with E-state index < -0.39 is 0 Å². The van der Waals surface area contributed by atoms with Crippen LogP contribution < -0.4 is 10.1 Å². The summed E-state index contributed by atoms with van der Waals surface area (Å²) in [5.74, 6) is 2.07. The van der Waals surface area contributed by atoms with Crippen molar-refractivity contribution in [2.24, 2.45) is 0 Å². The van der Waals surface area contributed by atoms with Crippen LogP contribution in [0.1, 0.15) is 31.2 Å². The van der Waals surface area contributed by atoms with Crippen molar-refractivity contribution in [2.75, 3.05) is 19.0 Å². The third kappa shape index (κ3) is 4.13. The molecule has 1 N–H and O–H groups in total. The van der Waals surface area contributed by atoms with Gasteiger partial charge in [0.1, 0.15) is 11.6 Å². The predicted molar refractivity (Wildman–Crippen MR) is 105 cm³/mol. The molecule has 0 fully saturated rings. The van der Waals surface area contributed by atoms with E-state index in [-0.39, 0.29) is 0 Å². The summed E-state index contributed by atoms with van der Waals surface area (Å²) in [5, 5.41) is 3.47. The Morgan fingerprint density at radius 3 is 2.60 bits per heavy atom. The second kappa shape index (κ2) is 8.06. The maximum atomic E-state index is 5.18. The van der Waals surface area contributed by atoms with E-state index in [0.29, 0.717) is 0 Å². The third-order valence-corrected chi connectivity index (χ3v) is 4.53. The molecule has 1 aromatic heterocycles. The number of imidazole rings is 1. The van der Waals surface area contributed by atoms with Gasteiger partial charge in [-0.3, -0.25) is 0 Å². The fraction of sp³-hybridized carbons (Fsp3) is 0.381. The number of fused-ring (bicyclic) bond motifs is 1. The summed E-state index contributed by atoms with van der Waals surface area (Å²) in [6.07, 6.45) is 3.23. The first-order valence-electron chi connectivity index (χ1n) is 9.05. The number of aryl methyl sites for hydroxylation is 3. The Labute approximate surface area is 149 Å². The highest BCUT2D eigenvalue weighted by Gasteiger charge is 2.09. The summed E-state index contributed by atoms with van der Waals surface area (Å²) in [5.41, 5.74) is 4.80. The van der Waals surface area contributed by atoms with E-state index >= 15 is 0 Å². The molecule has 3 aromatic rings. The van der Waals surface area contributed by atoms with Gasteiger partial charge in [-0.1, -0.05) is 13.0 Å². The molecule has 2 aromatic carbocycles. The Hall–Kier alpha value is -2.49.